The van der Waals surface area contributed by atoms with Crippen molar-refractivity contribution in [2.45, 2.75) is 20.3 Å². The van der Waals surface area contributed by atoms with Crippen molar-refractivity contribution in [1.29, 1.82) is 0 Å². The van der Waals surface area contributed by atoms with Gasteiger partial charge in [-0.1, -0.05) is 48.6 Å². The van der Waals surface area contributed by atoms with Gasteiger partial charge in [-0.2, -0.15) is 0 Å². The fourth-order valence-corrected chi connectivity index (χ4v) is 1.45. The summed E-state index contributed by atoms with van der Waals surface area (Å²) < 4.78 is 0. The highest BCUT2D eigenvalue weighted by Crippen LogP contribution is 2.22. The summed E-state index contributed by atoms with van der Waals surface area (Å²) in [6, 6.07) is 0. The first-order valence-corrected chi connectivity index (χ1v) is 4.61. The second-order valence-corrected chi connectivity index (χ2v) is 3.15. The third-order valence-corrected chi connectivity index (χ3v) is 2.16. The van der Waals surface area contributed by atoms with E-state index in [0.29, 0.717) is 0 Å². The first-order valence-electron chi connectivity index (χ1n) is 4.61. The molecule has 0 aromatic carbocycles. The Balaban J connectivity index is 3.14. The molecule has 68 valence electrons. The van der Waals surface area contributed by atoms with Gasteiger partial charge in [0.25, 0.3) is 0 Å². The Morgan fingerprint density at radius 2 is 2.23 bits per heavy atom. The lowest BCUT2D eigenvalue weighted by atomic mass is 10.00. The number of hydrogen-bond acceptors (Lipinski definition) is 0. The zero-order valence-corrected chi connectivity index (χ0v) is 8.38. The molecule has 0 saturated heterocycles. The maximum absolute atomic E-state index is 3.82. The van der Waals surface area contributed by atoms with E-state index in [9.17, 15) is 0 Å². The van der Waals surface area contributed by atoms with Crippen molar-refractivity contribution in [2.75, 3.05) is 0 Å². The molecule has 0 saturated carbocycles. The first-order chi connectivity index (χ1) is 6.29. The highest BCUT2D eigenvalue weighted by Gasteiger charge is 2.03. The van der Waals surface area contributed by atoms with Crippen LogP contribution in [0.3, 0.4) is 0 Å². The molecule has 0 nitrogen and oxygen atoms in total. The average Bonchev–Trinajstić information content (AvgIpc) is 2.30. The van der Waals surface area contributed by atoms with E-state index >= 15 is 0 Å². The molecular formula is C13H16. The maximum atomic E-state index is 3.82. The Morgan fingerprint density at radius 1 is 1.46 bits per heavy atom. The summed E-state index contributed by atoms with van der Waals surface area (Å²) in [4.78, 5) is 0. The molecule has 0 heteroatoms. The van der Waals surface area contributed by atoms with Crippen molar-refractivity contribution in [3.63, 3.8) is 0 Å². The predicted octanol–water partition coefficient (Wildman–Crippen LogP) is 3.95. The smallest absolute Gasteiger partial charge is 0.0129 e. The average molecular weight is 172 g/mol. The van der Waals surface area contributed by atoms with E-state index in [2.05, 4.69) is 43.9 Å². The van der Waals surface area contributed by atoms with Gasteiger partial charge in [-0.15, -0.1) is 0 Å². The summed E-state index contributed by atoms with van der Waals surface area (Å²) >= 11 is 0. The van der Waals surface area contributed by atoms with Crippen LogP contribution in [0.25, 0.3) is 0 Å². The molecule has 13 heavy (non-hydrogen) atoms. The van der Waals surface area contributed by atoms with E-state index in [1.807, 2.05) is 13.0 Å². The van der Waals surface area contributed by atoms with Crippen molar-refractivity contribution in [1.82, 2.24) is 0 Å². The molecule has 0 N–H and O–H groups in total. The van der Waals surface area contributed by atoms with Crippen molar-refractivity contribution in [3.8, 4) is 0 Å². The molecule has 0 bridgehead atoms. The van der Waals surface area contributed by atoms with Crippen molar-refractivity contribution >= 4 is 0 Å². The largest absolute Gasteiger partial charge is 0.0984 e. The second-order valence-electron chi connectivity index (χ2n) is 3.15. The van der Waals surface area contributed by atoms with Gasteiger partial charge < -0.3 is 0 Å². The monoisotopic (exact) mass is 172 g/mol. The molecule has 0 fully saturated rings. The summed E-state index contributed by atoms with van der Waals surface area (Å²) in [5, 5.41) is 0. The Morgan fingerprint density at radius 3 is 2.85 bits per heavy atom. The van der Waals surface area contributed by atoms with Crippen LogP contribution in [0.5, 0.6) is 0 Å². The van der Waals surface area contributed by atoms with Gasteiger partial charge in [0.05, 0.1) is 0 Å². The van der Waals surface area contributed by atoms with Gasteiger partial charge in [0.2, 0.25) is 0 Å². The molecule has 0 aromatic heterocycles. The Hall–Kier alpha value is -1.30. The molecule has 1 aliphatic rings. The van der Waals surface area contributed by atoms with Gasteiger partial charge in [-0.3, -0.25) is 0 Å². The fourth-order valence-electron chi connectivity index (χ4n) is 1.45. The SMILES string of the molecule is C=CC1=CC=CCC(C)=C1/C=C\C. The molecule has 0 heterocycles. The Bertz CT molecular complexity index is 309. The van der Waals surface area contributed by atoms with Crippen LogP contribution < -0.4 is 0 Å². The Kier molecular flexibility index (Phi) is 3.51. The summed E-state index contributed by atoms with van der Waals surface area (Å²) in [6.07, 6.45) is 13.5. The van der Waals surface area contributed by atoms with Crippen LogP contribution in [0, 0.1) is 0 Å². The lowest BCUT2D eigenvalue weighted by Gasteiger charge is -2.05. The van der Waals surface area contributed by atoms with E-state index in [1.54, 1.807) is 0 Å². The summed E-state index contributed by atoms with van der Waals surface area (Å²) in [6.45, 7) is 8.03. The van der Waals surface area contributed by atoms with Crippen molar-refractivity contribution < 1.29 is 0 Å². The van der Waals surface area contributed by atoms with Gasteiger partial charge in [-0.25, -0.2) is 0 Å². The lowest BCUT2D eigenvalue weighted by Crippen LogP contribution is -1.86. The third-order valence-electron chi connectivity index (χ3n) is 2.16. The summed E-state index contributed by atoms with van der Waals surface area (Å²) in [5.41, 5.74) is 3.92. The molecule has 1 rings (SSSR count). The molecule has 1 aliphatic carbocycles. The van der Waals surface area contributed by atoms with E-state index < -0.39 is 0 Å². The lowest BCUT2D eigenvalue weighted by molar-refractivity contribution is 1.19. The number of hydrogen-bond donors (Lipinski definition) is 0. The predicted molar refractivity (Wildman–Crippen MR) is 59.6 cm³/mol. The fraction of sp³-hybridized carbons (Fsp3) is 0.231. The van der Waals surface area contributed by atoms with Crippen LogP contribution in [-0.4, -0.2) is 0 Å². The van der Waals surface area contributed by atoms with Crippen LogP contribution in [0.15, 0.2) is 59.8 Å². The van der Waals surface area contributed by atoms with Crippen molar-refractivity contribution in [2.24, 2.45) is 0 Å². The highest BCUT2D eigenvalue weighted by molar-refractivity contribution is 5.51. The van der Waals surface area contributed by atoms with Crippen LogP contribution in [0.1, 0.15) is 20.3 Å². The van der Waals surface area contributed by atoms with Crippen molar-refractivity contribution in [3.05, 3.63) is 59.8 Å². The van der Waals surface area contributed by atoms with Crippen LogP contribution in [-0.2, 0) is 0 Å². The van der Waals surface area contributed by atoms with Crippen LogP contribution in [0.2, 0.25) is 0 Å². The molecule has 0 unspecified atom stereocenters. The van der Waals surface area contributed by atoms with Crippen LogP contribution in [0.4, 0.5) is 0 Å². The summed E-state index contributed by atoms with van der Waals surface area (Å²) in [7, 11) is 0. The van der Waals surface area contributed by atoms with E-state index in [-0.39, 0.29) is 0 Å². The maximum Gasteiger partial charge on any atom is -0.0129 e. The Labute approximate surface area is 80.7 Å². The standard InChI is InChI=1S/C13H16/c1-4-8-13-11(3)9-6-7-10-12(13)5-2/h4-8,10H,2,9H2,1,3H3/b8-4-. The minimum atomic E-state index is 1.04. The molecule has 0 aliphatic heterocycles. The van der Waals surface area contributed by atoms with Gasteiger partial charge in [0.1, 0.15) is 0 Å². The second kappa shape index (κ2) is 4.66. The van der Waals surface area contributed by atoms with Gasteiger partial charge >= 0.3 is 0 Å². The molecule has 0 atom stereocenters. The molecule has 0 spiro atoms. The quantitative estimate of drug-likeness (QED) is 0.591. The third kappa shape index (κ3) is 2.32. The van der Waals surface area contributed by atoms with Crippen LogP contribution >= 0.6 is 0 Å². The van der Waals surface area contributed by atoms with E-state index in [1.165, 1.54) is 16.7 Å². The van der Waals surface area contributed by atoms with E-state index in [4.69, 9.17) is 0 Å². The molecule has 0 radical (unpaired) electrons. The zero-order chi connectivity index (χ0) is 9.68. The van der Waals surface area contributed by atoms with Gasteiger partial charge in [-0.05, 0) is 31.4 Å². The topological polar surface area (TPSA) is 0 Å². The first kappa shape index (κ1) is 9.79. The number of rotatable bonds is 2. The zero-order valence-electron chi connectivity index (χ0n) is 8.38. The molecule has 0 aromatic rings. The normalized spacial score (nSPS) is 17.5. The van der Waals surface area contributed by atoms with E-state index in [0.717, 1.165) is 6.42 Å². The minimum absolute atomic E-state index is 1.04. The minimum Gasteiger partial charge on any atom is -0.0984 e. The van der Waals surface area contributed by atoms with Gasteiger partial charge in [0.15, 0.2) is 0 Å². The molecular weight excluding hydrogens is 156 g/mol. The highest BCUT2D eigenvalue weighted by atomic mass is 14.1. The summed E-state index contributed by atoms with van der Waals surface area (Å²) in [5.74, 6) is 0. The molecule has 0 amide bonds. The van der Waals surface area contributed by atoms with Gasteiger partial charge in [0, 0.05) is 0 Å². The number of allylic oxidation sites excluding steroid dienone is 9.